The second kappa shape index (κ2) is 6.21. The SMILES string of the molecule is CC(Nc1ccc(C(=O)N(C)C)nn1)c1ccc(N)cc1. The van der Waals surface area contributed by atoms with Crippen LogP contribution in [0.3, 0.4) is 0 Å². The molecule has 2 rings (SSSR count). The molecule has 1 aromatic carbocycles. The van der Waals surface area contributed by atoms with Crippen molar-refractivity contribution in [3.63, 3.8) is 0 Å². The Kier molecular flexibility index (Phi) is 4.37. The van der Waals surface area contributed by atoms with Crippen LogP contribution in [-0.2, 0) is 0 Å². The Morgan fingerprint density at radius 3 is 2.33 bits per heavy atom. The van der Waals surface area contributed by atoms with Gasteiger partial charge in [0.1, 0.15) is 5.82 Å². The summed E-state index contributed by atoms with van der Waals surface area (Å²) in [4.78, 5) is 13.2. The van der Waals surface area contributed by atoms with E-state index in [2.05, 4.69) is 15.5 Å². The molecular formula is C15H19N5O. The highest BCUT2D eigenvalue weighted by atomic mass is 16.2. The number of carbonyl (C=O) groups is 1. The van der Waals surface area contributed by atoms with E-state index in [1.165, 1.54) is 4.90 Å². The van der Waals surface area contributed by atoms with Gasteiger partial charge in [-0.25, -0.2) is 0 Å². The van der Waals surface area contributed by atoms with E-state index in [4.69, 9.17) is 5.73 Å². The molecule has 0 bridgehead atoms. The number of nitrogens with zero attached hydrogens (tertiary/aromatic N) is 3. The van der Waals surface area contributed by atoms with Crippen molar-refractivity contribution in [2.75, 3.05) is 25.1 Å². The molecule has 0 saturated carbocycles. The van der Waals surface area contributed by atoms with E-state index in [0.717, 1.165) is 11.3 Å². The smallest absolute Gasteiger partial charge is 0.273 e. The van der Waals surface area contributed by atoms with E-state index in [9.17, 15) is 4.79 Å². The molecule has 6 heteroatoms. The lowest BCUT2D eigenvalue weighted by atomic mass is 10.1. The number of nitrogens with two attached hydrogens (primary N) is 1. The van der Waals surface area contributed by atoms with Gasteiger partial charge in [-0.1, -0.05) is 12.1 Å². The molecule has 6 nitrogen and oxygen atoms in total. The van der Waals surface area contributed by atoms with E-state index in [-0.39, 0.29) is 11.9 Å². The molecule has 1 amide bonds. The summed E-state index contributed by atoms with van der Waals surface area (Å²) in [6.45, 7) is 2.02. The Bertz CT molecular complexity index is 607. The maximum Gasteiger partial charge on any atom is 0.273 e. The summed E-state index contributed by atoms with van der Waals surface area (Å²) >= 11 is 0. The Labute approximate surface area is 124 Å². The molecule has 0 aliphatic heterocycles. The van der Waals surface area contributed by atoms with Crippen molar-refractivity contribution in [3.8, 4) is 0 Å². The first-order chi connectivity index (χ1) is 9.97. The molecule has 2 aromatic rings. The van der Waals surface area contributed by atoms with Crippen molar-refractivity contribution in [3.05, 3.63) is 47.7 Å². The number of nitrogens with one attached hydrogen (secondary N) is 1. The summed E-state index contributed by atoms with van der Waals surface area (Å²) in [6.07, 6.45) is 0. The normalized spacial score (nSPS) is 11.8. The Morgan fingerprint density at radius 2 is 1.81 bits per heavy atom. The van der Waals surface area contributed by atoms with Gasteiger partial charge >= 0.3 is 0 Å². The van der Waals surface area contributed by atoms with E-state index >= 15 is 0 Å². The second-order valence-corrected chi connectivity index (χ2v) is 5.04. The average Bonchev–Trinajstić information content (AvgIpc) is 2.47. The lowest BCUT2D eigenvalue weighted by molar-refractivity contribution is 0.0821. The van der Waals surface area contributed by atoms with E-state index in [1.54, 1.807) is 26.2 Å². The Hall–Kier alpha value is -2.63. The average molecular weight is 285 g/mol. The first kappa shape index (κ1) is 14.8. The first-order valence-corrected chi connectivity index (χ1v) is 6.64. The zero-order chi connectivity index (χ0) is 15.4. The molecule has 21 heavy (non-hydrogen) atoms. The highest BCUT2D eigenvalue weighted by Gasteiger charge is 2.11. The summed E-state index contributed by atoms with van der Waals surface area (Å²) in [7, 11) is 3.36. The van der Waals surface area contributed by atoms with Crippen LogP contribution in [0.25, 0.3) is 0 Å². The van der Waals surface area contributed by atoms with Gasteiger partial charge in [-0.15, -0.1) is 10.2 Å². The van der Waals surface area contributed by atoms with Gasteiger partial charge in [0.05, 0.1) is 6.04 Å². The van der Waals surface area contributed by atoms with Crippen molar-refractivity contribution < 1.29 is 4.79 Å². The highest BCUT2D eigenvalue weighted by Crippen LogP contribution is 2.18. The van der Waals surface area contributed by atoms with Gasteiger partial charge in [-0.05, 0) is 36.8 Å². The van der Waals surface area contributed by atoms with Gasteiger partial charge in [-0.2, -0.15) is 0 Å². The van der Waals surface area contributed by atoms with Crippen molar-refractivity contribution >= 4 is 17.4 Å². The number of anilines is 2. The summed E-state index contributed by atoms with van der Waals surface area (Å²) in [5.41, 5.74) is 7.83. The van der Waals surface area contributed by atoms with Crippen LogP contribution in [0.1, 0.15) is 29.0 Å². The van der Waals surface area contributed by atoms with Crippen LogP contribution in [0.15, 0.2) is 36.4 Å². The Morgan fingerprint density at radius 1 is 1.14 bits per heavy atom. The van der Waals surface area contributed by atoms with Crippen LogP contribution in [0.4, 0.5) is 11.5 Å². The molecule has 0 spiro atoms. The summed E-state index contributed by atoms with van der Waals surface area (Å²) in [6, 6.07) is 11.1. The van der Waals surface area contributed by atoms with Gasteiger partial charge < -0.3 is 16.0 Å². The van der Waals surface area contributed by atoms with Crippen LogP contribution in [0.2, 0.25) is 0 Å². The quantitative estimate of drug-likeness (QED) is 0.839. The minimum Gasteiger partial charge on any atom is -0.399 e. The molecule has 0 saturated heterocycles. The maximum atomic E-state index is 11.7. The number of nitrogen functional groups attached to an aromatic ring is 1. The largest absolute Gasteiger partial charge is 0.399 e. The van der Waals surface area contributed by atoms with Crippen LogP contribution < -0.4 is 11.1 Å². The van der Waals surface area contributed by atoms with Crippen molar-refractivity contribution in [1.29, 1.82) is 0 Å². The standard InChI is InChI=1S/C15H19N5O/c1-10(11-4-6-12(16)7-5-11)17-14-9-8-13(18-19-14)15(21)20(2)3/h4-10H,16H2,1-3H3,(H,17,19). The molecular weight excluding hydrogens is 266 g/mol. The van der Waals surface area contributed by atoms with Crippen molar-refractivity contribution in [2.45, 2.75) is 13.0 Å². The number of hydrogen-bond donors (Lipinski definition) is 2. The van der Waals surface area contributed by atoms with Gasteiger partial charge in [0, 0.05) is 19.8 Å². The predicted octanol–water partition coefficient (Wildman–Crippen LogP) is 1.93. The molecule has 0 radical (unpaired) electrons. The minimum atomic E-state index is -0.166. The number of amides is 1. The number of benzene rings is 1. The van der Waals surface area contributed by atoms with Crippen LogP contribution in [0.5, 0.6) is 0 Å². The third-order valence-electron chi connectivity index (χ3n) is 3.09. The molecule has 110 valence electrons. The molecule has 0 aliphatic carbocycles. The molecule has 1 aromatic heterocycles. The molecule has 1 heterocycles. The van der Waals surface area contributed by atoms with Crippen LogP contribution in [0, 0.1) is 0 Å². The number of hydrogen-bond acceptors (Lipinski definition) is 5. The monoisotopic (exact) mass is 285 g/mol. The zero-order valence-electron chi connectivity index (χ0n) is 12.4. The van der Waals surface area contributed by atoms with Crippen molar-refractivity contribution in [2.24, 2.45) is 0 Å². The third-order valence-corrected chi connectivity index (χ3v) is 3.09. The fourth-order valence-electron chi connectivity index (χ4n) is 1.84. The lowest BCUT2D eigenvalue weighted by Crippen LogP contribution is -2.23. The van der Waals surface area contributed by atoms with Gasteiger partial charge in [0.2, 0.25) is 0 Å². The Balaban J connectivity index is 2.06. The van der Waals surface area contributed by atoms with E-state index in [1.807, 2.05) is 31.2 Å². The van der Waals surface area contributed by atoms with Crippen LogP contribution in [-0.4, -0.2) is 35.1 Å². The summed E-state index contributed by atoms with van der Waals surface area (Å²) < 4.78 is 0. The molecule has 1 unspecified atom stereocenters. The fraction of sp³-hybridized carbons (Fsp3) is 0.267. The zero-order valence-corrected chi connectivity index (χ0v) is 12.4. The van der Waals surface area contributed by atoms with Gasteiger partial charge in [0.15, 0.2) is 5.69 Å². The van der Waals surface area contributed by atoms with Crippen LogP contribution >= 0.6 is 0 Å². The van der Waals surface area contributed by atoms with E-state index < -0.39 is 0 Å². The van der Waals surface area contributed by atoms with Gasteiger partial charge in [0.25, 0.3) is 5.91 Å². The number of carbonyl (C=O) groups excluding carboxylic acids is 1. The highest BCUT2D eigenvalue weighted by molar-refractivity contribution is 5.91. The predicted molar refractivity (Wildman–Crippen MR) is 82.9 cm³/mol. The molecule has 0 fully saturated rings. The van der Waals surface area contributed by atoms with Crippen molar-refractivity contribution in [1.82, 2.24) is 15.1 Å². The van der Waals surface area contributed by atoms with E-state index in [0.29, 0.717) is 11.5 Å². The first-order valence-electron chi connectivity index (χ1n) is 6.64. The lowest BCUT2D eigenvalue weighted by Gasteiger charge is -2.15. The minimum absolute atomic E-state index is 0.0651. The van der Waals surface area contributed by atoms with Gasteiger partial charge in [-0.3, -0.25) is 4.79 Å². The third kappa shape index (κ3) is 3.68. The molecule has 0 aliphatic rings. The topological polar surface area (TPSA) is 84.1 Å². The second-order valence-electron chi connectivity index (χ2n) is 5.04. The molecule has 1 atom stereocenters. The number of aromatic nitrogens is 2. The molecule has 3 N–H and O–H groups in total. The fourth-order valence-corrected chi connectivity index (χ4v) is 1.84. The maximum absolute atomic E-state index is 11.7. The summed E-state index contributed by atoms with van der Waals surface area (Å²) in [5, 5.41) is 11.2. The number of rotatable bonds is 4. The summed E-state index contributed by atoms with van der Waals surface area (Å²) in [5.74, 6) is 0.454.